The first-order valence-electron chi connectivity index (χ1n) is 24.2. The standard InChI is InChI=1S/C62H54O12S3/c1-61(2,3)74-54-29-41-60(42-30-54)77(67,68)59-39-27-53(28-40-59)73-50-17-11-45(12-18-50)62(4,43-7-13-48(14-8-43)71-51-23-35-57(36-24-51)75(63,64)55-31-19-46(69-5)20-32-55)44-9-15-49(16-10-44)72-52-25-37-58(38-26-52)76(65,66)56-33-21-47(70-6)22-34-56/h7-42H,1-6H3. The highest BCUT2D eigenvalue weighted by Crippen LogP contribution is 2.42. The molecular formula is C62H54O12S3. The van der Waals surface area contributed by atoms with E-state index < -0.39 is 40.5 Å². The minimum atomic E-state index is -3.81. The van der Waals surface area contributed by atoms with Crippen molar-refractivity contribution in [2.24, 2.45) is 0 Å². The van der Waals surface area contributed by atoms with E-state index in [1.54, 1.807) is 72.8 Å². The summed E-state index contributed by atoms with van der Waals surface area (Å²) in [5.41, 5.74) is 1.54. The van der Waals surface area contributed by atoms with Gasteiger partial charge in [-0.1, -0.05) is 36.4 Å². The topological polar surface area (TPSA) is 158 Å². The second-order valence-electron chi connectivity index (χ2n) is 19.0. The van der Waals surface area contributed by atoms with Gasteiger partial charge in [-0.15, -0.1) is 0 Å². The SMILES string of the molecule is COc1ccc(S(=O)(=O)c2ccc(Oc3ccc(C(C)(c4ccc(Oc5ccc(S(=O)(=O)c6ccc(OC)cc6)cc5)cc4)c4ccc(Oc5ccc(S(=O)(=O)c6ccc(OC(C)(C)C)cc6)cc5)cc4)cc3)cc2)cc1. The molecule has 0 aliphatic rings. The van der Waals surface area contributed by atoms with Crippen molar-refractivity contribution in [3.8, 4) is 51.7 Å². The van der Waals surface area contributed by atoms with Crippen LogP contribution in [0.25, 0.3) is 0 Å². The number of sulfone groups is 3. The van der Waals surface area contributed by atoms with Crippen LogP contribution in [0, 0.1) is 0 Å². The lowest BCUT2D eigenvalue weighted by Gasteiger charge is -2.32. The lowest BCUT2D eigenvalue weighted by molar-refractivity contribution is 0.131. The van der Waals surface area contributed by atoms with Gasteiger partial charge in [0, 0.05) is 5.41 Å². The third-order valence-electron chi connectivity index (χ3n) is 12.7. The smallest absolute Gasteiger partial charge is 0.206 e. The first-order valence-corrected chi connectivity index (χ1v) is 28.7. The van der Waals surface area contributed by atoms with E-state index in [9.17, 15) is 25.3 Å². The van der Waals surface area contributed by atoms with Gasteiger partial charge in [-0.25, -0.2) is 25.3 Å². The molecule has 9 rings (SSSR count). The molecule has 0 aromatic heterocycles. The Balaban J connectivity index is 0.949. The van der Waals surface area contributed by atoms with Crippen molar-refractivity contribution in [1.82, 2.24) is 0 Å². The summed E-state index contributed by atoms with van der Waals surface area (Å²) in [5.74, 6) is 4.60. The Morgan fingerprint density at radius 3 is 0.636 bits per heavy atom. The largest absolute Gasteiger partial charge is 0.497 e. The second kappa shape index (κ2) is 21.7. The molecule has 0 spiro atoms. The molecule has 0 unspecified atom stereocenters. The number of hydrogen-bond acceptors (Lipinski definition) is 12. The quantitative estimate of drug-likeness (QED) is 0.0750. The third-order valence-corrected chi connectivity index (χ3v) is 18.1. The van der Waals surface area contributed by atoms with Crippen molar-refractivity contribution in [3.63, 3.8) is 0 Å². The van der Waals surface area contributed by atoms with Crippen molar-refractivity contribution < 1.29 is 53.7 Å². The first-order chi connectivity index (χ1) is 36.7. The van der Waals surface area contributed by atoms with E-state index in [1.165, 1.54) is 87.0 Å². The van der Waals surface area contributed by atoms with E-state index in [0.29, 0.717) is 51.7 Å². The molecule has 0 radical (unpaired) electrons. The van der Waals surface area contributed by atoms with Gasteiger partial charge in [-0.3, -0.25) is 0 Å². The van der Waals surface area contributed by atoms with E-state index in [-0.39, 0.29) is 29.4 Å². The molecule has 0 saturated heterocycles. The molecule has 0 heterocycles. The van der Waals surface area contributed by atoms with Gasteiger partial charge in [0.15, 0.2) is 0 Å². The van der Waals surface area contributed by atoms with E-state index in [1.807, 2.05) is 93.6 Å². The molecule has 0 saturated carbocycles. The van der Waals surface area contributed by atoms with Gasteiger partial charge in [0.25, 0.3) is 0 Å². The van der Waals surface area contributed by atoms with Crippen LogP contribution in [0.4, 0.5) is 0 Å². The second-order valence-corrected chi connectivity index (χ2v) is 24.8. The van der Waals surface area contributed by atoms with Gasteiger partial charge in [-0.05, 0) is 226 Å². The van der Waals surface area contributed by atoms with Gasteiger partial charge in [0.05, 0.1) is 43.6 Å². The number of ether oxygens (including phenoxy) is 6. The Morgan fingerprint density at radius 2 is 0.442 bits per heavy atom. The summed E-state index contributed by atoms with van der Waals surface area (Å²) < 4.78 is 115. The van der Waals surface area contributed by atoms with Gasteiger partial charge in [0.1, 0.15) is 57.3 Å². The van der Waals surface area contributed by atoms with E-state index in [0.717, 1.165) is 16.7 Å². The van der Waals surface area contributed by atoms with Crippen LogP contribution in [0.5, 0.6) is 51.7 Å². The molecule has 9 aromatic rings. The lowest BCUT2D eigenvalue weighted by atomic mass is 9.71. The molecule has 77 heavy (non-hydrogen) atoms. The van der Waals surface area contributed by atoms with Crippen LogP contribution in [-0.4, -0.2) is 45.1 Å². The molecule has 0 atom stereocenters. The van der Waals surface area contributed by atoms with Crippen LogP contribution in [0.3, 0.4) is 0 Å². The monoisotopic (exact) mass is 1090 g/mol. The summed E-state index contributed by atoms with van der Waals surface area (Å²) in [6, 6.07) is 60.5. The zero-order chi connectivity index (χ0) is 54.6. The highest BCUT2D eigenvalue weighted by Gasteiger charge is 2.32. The normalized spacial score (nSPS) is 12.1. The predicted octanol–water partition coefficient (Wildman–Crippen LogP) is 14.1. The Bertz CT molecular complexity index is 3660. The fourth-order valence-corrected chi connectivity index (χ4v) is 12.3. The molecule has 12 nitrogen and oxygen atoms in total. The van der Waals surface area contributed by atoms with Crippen LogP contribution >= 0.6 is 0 Å². The first kappa shape index (κ1) is 53.5. The Kier molecular flexibility index (Phi) is 15.1. The fourth-order valence-electron chi connectivity index (χ4n) is 8.50. The van der Waals surface area contributed by atoms with Crippen molar-refractivity contribution in [1.29, 1.82) is 0 Å². The highest BCUT2D eigenvalue weighted by atomic mass is 32.2. The molecule has 9 aromatic carbocycles. The average molecular weight is 1090 g/mol. The summed E-state index contributed by atoms with van der Waals surface area (Å²) >= 11 is 0. The zero-order valence-electron chi connectivity index (χ0n) is 42.9. The maximum absolute atomic E-state index is 13.5. The van der Waals surface area contributed by atoms with Crippen molar-refractivity contribution in [2.45, 2.75) is 68.1 Å². The minimum Gasteiger partial charge on any atom is -0.497 e. The summed E-state index contributed by atoms with van der Waals surface area (Å²) in [7, 11) is -8.33. The van der Waals surface area contributed by atoms with Crippen LogP contribution in [0.2, 0.25) is 0 Å². The van der Waals surface area contributed by atoms with E-state index in [2.05, 4.69) is 6.92 Å². The van der Waals surface area contributed by atoms with E-state index in [4.69, 9.17) is 28.4 Å². The zero-order valence-corrected chi connectivity index (χ0v) is 45.4. The van der Waals surface area contributed by atoms with E-state index >= 15 is 0 Å². The van der Waals surface area contributed by atoms with Crippen LogP contribution in [-0.2, 0) is 34.9 Å². The molecule has 0 aliphatic carbocycles. The fraction of sp³-hybridized carbons (Fsp3) is 0.129. The van der Waals surface area contributed by atoms with Crippen LogP contribution in [0.1, 0.15) is 44.4 Å². The Labute approximate surface area is 449 Å². The summed E-state index contributed by atoms with van der Waals surface area (Å²) in [4.78, 5) is 0.804. The number of rotatable bonds is 18. The molecule has 0 fully saturated rings. The number of benzene rings is 9. The van der Waals surface area contributed by atoms with Gasteiger partial charge < -0.3 is 28.4 Å². The summed E-state index contributed by atoms with van der Waals surface area (Å²) in [6.07, 6.45) is 0. The Morgan fingerprint density at radius 1 is 0.260 bits per heavy atom. The lowest BCUT2D eigenvalue weighted by Crippen LogP contribution is -2.25. The minimum absolute atomic E-state index is 0.122. The van der Waals surface area contributed by atoms with Gasteiger partial charge in [0.2, 0.25) is 29.5 Å². The maximum Gasteiger partial charge on any atom is 0.206 e. The van der Waals surface area contributed by atoms with Crippen LogP contribution in [0.15, 0.2) is 248 Å². The van der Waals surface area contributed by atoms with Crippen molar-refractivity contribution in [2.75, 3.05) is 14.2 Å². The maximum atomic E-state index is 13.5. The molecule has 0 amide bonds. The molecule has 0 aliphatic heterocycles. The third kappa shape index (κ3) is 11.9. The summed E-state index contributed by atoms with van der Waals surface area (Å²) in [6.45, 7) is 7.87. The van der Waals surface area contributed by atoms with Crippen molar-refractivity contribution >= 4 is 29.5 Å². The Hall–Kier alpha value is -8.37. The number of hydrogen-bond donors (Lipinski definition) is 0. The average Bonchev–Trinajstić information content (AvgIpc) is 3.43. The van der Waals surface area contributed by atoms with Gasteiger partial charge in [-0.2, -0.15) is 0 Å². The molecule has 15 heteroatoms. The highest BCUT2D eigenvalue weighted by molar-refractivity contribution is 7.92. The predicted molar refractivity (Wildman–Crippen MR) is 294 cm³/mol. The number of methoxy groups -OCH3 is 2. The molecule has 0 bridgehead atoms. The molecule has 392 valence electrons. The molecule has 0 N–H and O–H groups in total. The molecular weight excluding hydrogens is 1030 g/mol. The van der Waals surface area contributed by atoms with Crippen LogP contribution < -0.4 is 28.4 Å². The summed E-state index contributed by atoms with van der Waals surface area (Å²) in [5, 5.41) is 0. The van der Waals surface area contributed by atoms with Gasteiger partial charge >= 0.3 is 0 Å². The van der Waals surface area contributed by atoms with Crippen molar-refractivity contribution in [3.05, 3.63) is 235 Å².